The van der Waals surface area contributed by atoms with E-state index >= 15 is 0 Å². The Kier molecular flexibility index (Phi) is 8.68. The summed E-state index contributed by atoms with van der Waals surface area (Å²) in [7, 11) is 0. The molecule has 2 fully saturated rings. The second-order valence-corrected chi connectivity index (χ2v) is 11.8. The van der Waals surface area contributed by atoms with Gasteiger partial charge in [-0.05, 0) is 65.6 Å². The van der Waals surface area contributed by atoms with Crippen LogP contribution >= 0.6 is 0 Å². The summed E-state index contributed by atoms with van der Waals surface area (Å²) in [6.07, 6.45) is 2.06. The Labute approximate surface area is 262 Å². The molecule has 0 radical (unpaired) electrons. The Balaban J connectivity index is 1.24. The molecule has 2 aromatic heterocycles. The zero-order valence-corrected chi connectivity index (χ0v) is 25.6. The van der Waals surface area contributed by atoms with E-state index < -0.39 is 6.04 Å². The molecule has 0 spiro atoms. The van der Waals surface area contributed by atoms with Gasteiger partial charge in [-0.3, -0.25) is 14.6 Å². The van der Waals surface area contributed by atoms with Crippen molar-refractivity contribution in [3.63, 3.8) is 0 Å². The number of pyridine rings is 1. The zero-order valence-electron chi connectivity index (χ0n) is 25.6. The molecular weight excluding hydrogens is 566 g/mol. The second-order valence-electron chi connectivity index (χ2n) is 11.8. The molecule has 10 nitrogen and oxygen atoms in total. The highest BCUT2D eigenvalue weighted by molar-refractivity contribution is 5.80. The maximum absolute atomic E-state index is 13.8. The smallest absolute Gasteiger partial charge is 0.253 e. The second kappa shape index (κ2) is 13.3. The predicted octanol–water partition coefficient (Wildman–Crippen LogP) is 4.59. The average molecular weight is 606 g/mol. The summed E-state index contributed by atoms with van der Waals surface area (Å²) in [6, 6.07) is 28.8. The number of benzene rings is 3. The summed E-state index contributed by atoms with van der Waals surface area (Å²) in [5.41, 5.74) is 3.78. The maximum Gasteiger partial charge on any atom is 0.253 e. The van der Waals surface area contributed by atoms with E-state index in [-0.39, 0.29) is 17.7 Å². The highest BCUT2D eigenvalue weighted by atomic mass is 16.5. The Bertz CT molecular complexity index is 1720. The van der Waals surface area contributed by atoms with Crippen LogP contribution in [0.4, 0.5) is 0 Å². The first-order chi connectivity index (χ1) is 22.2. The molecule has 1 N–H and O–H groups in total. The predicted molar refractivity (Wildman–Crippen MR) is 172 cm³/mol. The van der Waals surface area contributed by atoms with Crippen LogP contribution in [0.15, 0.2) is 89.7 Å². The Morgan fingerprint density at radius 2 is 1.60 bits per heavy atom. The fourth-order valence-electron chi connectivity index (χ4n) is 6.82. The van der Waals surface area contributed by atoms with Crippen LogP contribution in [0.5, 0.6) is 5.75 Å². The van der Waals surface area contributed by atoms with E-state index in [1.807, 2.05) is 35.9 Å². The van der Waals surface area contributed by atoms with Crippen LogP contribution in [0.2, 0.25) is 0 Å². The van der Waals surface area contributed by atoms with Crippen LogP contribution < -0.4 is 10.3 Å². The lowest BCUT2D eigenvalue weighted by molar-refractivity contribution is 0.0778. The molecule has 0 saturated carbocycles. The molecule has 0 unspecified atom stereocenters. The van der Waals surface area contributed by atoms with Gasteiger partial charge in [0.1, 0.15) is 11.8 Å². The summed E-state index contributed by atoms with van der Waals surface area (Å²) in [6.45, 7) is 6.96. The SMILES string of the molecule is CCOc1ccc2[nH]c(=O)c([C@H](c3nnnn3C[C@H]3CCCO3)N3CCN(C(c4ccccc4)c4ccccc4)CC3)cc2c1. The van der Waals surface area contributed by atoms with E-state index in [1.54, 1.807) is 0 Å². The van der Waals surface area contributed by atoms with Gasteiger partial charge >= 0.3 is 0 Å². The highest BCUT2D eigenvalue weighted by Crippen LogP contribution is 2.33. The monoisotopic (exact) mass is 605 g/mol. The number of piperazine rings is 1. The van der Waals surface area contributed by atoms with Gasteiger partial charge < -0.3 is 14.5 Å². The minimum atomic E-state index is -0.431. The number of hydrogen-bond donors (Lipinski definition) is 1. The maximum atomic E-state index is 13.8. The number of aromatic nitrogens is 5. The Morgan fingerprint density at radius 3 is 2.24 bits per heavy atom. The van der Waals surface area contributed by atoms with Gasteiger partial charge in [-0.15, -0.1) is 5.10 Å². The zero-order chi connectivity index (χ0) is 30.6. The fraction of sp³-hybridized carbons (Fsp3) is 0.371. The number of rotatable bonds is 10. The van der Waals surface area contributed by atoms with Crippen LogP contribution in [-0.2, 0) is 11.3 Å². The molecule has 2 aliphatic rings. The molecule has 10 heteroatoms. The van der Waals surface area contributed by atoms with Gasteiger partial charge in [-0.2, -0.15) is 0 Å². The van der Waals surface area contributed by atoms with Crippen molar-refractivity contribution in [1.82, 2.24) is 35.0 Å². The fourth-order valence-corrected chi connectivity index (χ4v) is 6.82. The van der Waals surface area contributed by atoms with Gasteiger partial charge in [0.2, 0.25) is 0 Å². The molecule has 0 bridgehead atoms. The number of nitrogens with one attached hydrogen (secondary N) is 1. The van der Waals surface area contributed by atoms with E-state index in [2.05, 4.69) is 91.0 Å². The van der Waals surface area contributed by atoms with Gasteiger partial charge in [0, 0.05) is 49.3 Å². The molecule has 0 amide bonds. The van der Waals surface area contributed by atoms with Crippen molar-refractivity contribution in [3.8, 4) is 5.75 Å². The van der Waals surface area contributed by atoms with Crippen LogP contribution in [-0.4, -0.2) is 80.5 Å². The quantitative estimate of drug-likeness (QED) is 0.247. The van der Waals surface area contributed by atoms with E-state index in [1.165, 1.54) is 11.1 Å². The third kappa shape index (κ3) is 6.26. The molecule has 3 aromatic carbocycles. The Morgan fingerprint density at radius 1 is 0.911 bits per heavy atom. The number of ether oxygens (including phenoxy) is 2. The normalized spacial score (nSPS) is 18.5. The van der Waals surface area contributed by atoms with Crippen LogP contribution in [0.3, 0.4) is 0 Å². The molecular formula is C35H39N7O3. The van der Waals surface area contributed by atoms with Crippen molar-refractivity contribution in [1.29, 1.82) is 0 Å². The highest BCUT2D eigenvalue weighted by Gasteiger charge is 2.35. The number of nitrogens with zero attached hydrogens (tertiary/aromatic N) is 6. The molecule has 4 heterocycles. The largest absolute Gasteiger partial charge is 0.494 e. The average Bonchev–Trinajstić information content (AvgIpc) is 3.76. The summed E-state index contributed by atoms with van der Waals surface area (Å²) < 4.78 is 13.5. The third-order valence-electron chi connectivity index (χ3n) is 8.96. The first kappa shape index (κ1) is 29.3. The lowest BCUT2D eigenvalue weighted by atomic mass is 9.96. The van der Waals surface area contributed by atoms with Crippen LogP contribution in [0.25, 0.3) is 10.9 Å². The van der Waals surface area contributed by atoms with Gasteiger partial charge in [0.05, 0.1) is 25.3 Å². The molecule has 5 aromatic rings. The van der Waals surface area contributed by atoms with Crippen LogP contribution in [0.1, 0.15) is 54.4 Å². The summed E-state index contributed by atoms with van der Waals surface area (Å²) >= 11 is 0. The van der Waals surface area contributed by atoms with E-state index in [9.17, 15) is 4.79 Å². The summed E-state index contributed by atoms with van der Waals surface area (Å²) in [4.78, 5) is 21.8. The molecule has 2 saturated heterocycles. The number of tetrazole rings is 1. The number of H-pyrrole nitrogens is 1. The van der Waals surface area contributed by atoms with E-state index in [4.69, 9.17) is 9.47 Å². The lowest BCUT2D eigenvalue weighted by Gasteiger charge is -2.42. The van der Waals surface area contributed by atoms with Gasteiger partial charge in [-0.1, -0.05) is 60.7 Å². The minimum absolute atomic E-state index is 0.0610. The molecule has 232 valence electrons. The van der Waals surface area contributed by atoms with Gasteiger partial charge in [0.15, 0.2) is 5.82 Å². The first-order valence-electron chi connectivity index (χ1n) is 15.9. The van der Waals surface area contributed by atoms with Gasteiger partial charge in [0.25, 0.3) is 5.56 Å². The van der Waals surface area contributed by atoms with Gasteiger partial charge in [-0.25, -0.2) is 4.68 Å². The number of fused-ring (bicyclic) bond motifs is 1. The van der Waals surface area contributed by atoms with E-state index in [0.29, 0.717) is 24.5 Å². The van der Waals surface area contributed by atoms with Crippen molar-refractivity contribution >= 4 is 10.9 Å². The molecule has 2 atom stereocenters. The summed E-state index contributed by atoms with van der Waals surface area (Å²) in [5.74, 6) is 1.43. The summed E-state index contributed by atoms with van der Waals surface area (Å²) in [5, 5.41) is 13.9. The number of hydrogen-bond acceptors (Lipinski definition) is 8. The standard InChI is InChI=1S/C35H39N7O3/c1-2-44-28-15-16-31-27(22-28)23-30(35(43)36-31)33(34-37-38-39-42(34)24-29-14-9-21-45-29)41-19-17-40(18-20-41)32(25-10-5-3-6-11-25)26-12-7-4-8-13-26/h3-8,10-13,15-16,22-23,29,32-33H,2,9,14,17-21,24H2,1H3,(H,36,43)/t29-,33-/m1/s1. The van der Waals surface area contributed by atoms with Crippen LogP contribution in [0, 0.1) is 0 Å². The third-order valence-corrected chi connectivity index (χ3v) is 8.96. The first-order valence-corrected chi connectivity index (χ1v) is 15.9. The van der Waals surface area contributed by atoms with Crippen molar-refractivity contribution in [2.24, 2.45) is 0 Å². The van der Waals surface area contributed by atoms with Crippen molar-refractivity contribution in [2.75, 3.05) is 39.4 Å². The topological polar surface area (TPSA) is 101 Å². The molecule has 45 heavy (non-hydrogen) atoms. The molecule has 7 rings (SSSR count). The number of aromatic amines is 1. The minimum Gasteiger partial charge on any atom is -0.494 e. The van der Waals surface area contributed by atoms with Crippen molar-refractivity contribution in [2.45, 2.75) is 44.5 Å². The molecule has 0 aliphatic carbocycles. The molecule has 2 aliphatic heterocycles. The Hall–Kier alpha value is -4.38. The van der Waals surface area contributed by atoms with E-state index in [0.717, 1.165) is 62.3 Å². The lowest BCUT2D eigenvalue weighted by Crippen LogP contribution is -2.50. The van der Waals surface area contributed by atoms with Crippen molar-refractivity contribution < 1.29 is 9.47 Å². The van der Waals surface area contributed by atoms with Crippen molar-refractivity contribution in [3.05, 3.63) is 118 Å².